The fraction of sp³-hybridized carbons (Fsp3) is 0.111. The molecule has 1 amide bonds. The number of nitrogens with one attached hydrogen (secondary N) is 1. The van der Waals surface area contributed by atoms with E-state index in [1.807, 2.05) is 48.5 Å². The third-order valence-electron chi connectivity index (χ3n) is 3.94. The first kappa shape index (κ1) is 14.8. The number of nitrogens with zero attached hydrogens (tertiary/aromatic N) is 2. The molecule has 0 radical (unpaired) electrons. The van der Waals surface area contributed by atoms with Crippen molar-refractivity contribution in [3.05, 3.63) is 77.5 Å². The predicted octanol–water partition coefficient (Wildman–Crippen LogP) is 2.89. The Labute approximate surface area is 141 Å². The topological polar surface area (TPSA) is 64.0 Å². The lowest BCUT2D eigenvalue weighted by Gasteiger charge is -2.11. The molecule has 2 aromatic carbocycles. The molecule has 120 valence electrons. The average molecular weight is 337 g/mol. The largest absolute Gasteiger partial charge is 0.306 e. The van der Waals surface area contributed by atoms with E-state index in [-0.39, 0.29) is 5.91 Å². The molecule has 0 aliphatic carbocycles. The standard InChI is InChI=1S/C18H15N3O2S/c22-18(13-7-3-1-4-8-13)19-17-15-11-24(23)12-16(15)20-21(17)14-9-5-2-6-10-14/h1-10H,11-12H2,(H,19,22). The van der Waals surface area contributed by atoms with Crippen molar-refractivity contribution in [3.63, 3.8) is 0 Å². The summed E-state index contributed by atoms with van der Waals surface area (Å²) >= 11 is 0. The van der Waals surface area contributed by atoms with Gasteiger partial charge in [-0.2, -0.15) is 5.10 Å². The molecule has 1 aromatic heterocycles. The number of benzene rings is 2. The summed E-state index contributed by atoms with van der Waals surface area (Å²) in [5, 5.41) is 7.52. The van der Waals surface area contributed by atoms with E-state index in [4.69, 9.17) is 0 Å². The fourth-order valence-electron chi connectivity index (χ4n) is 2.78. The maximum absolute atomic E-state index is 12.5. The first-order valence-corrected chi connectivity index (χ1v) is 9.09. The Morgan fingerprint density at radius 1 is 1.00 bits per heavy atom. The second kappa shape index (κ2) is 6.05. The number of fused-ring (bicyclic) bond motifs is 1. The van der Waals surface area contributed by atoms with Gasteiger partial charge in [0, 0.05) is 21.9 Å². The summed E-state index contributed by atoms with van der Waals surface area (Å²) in [6.07, 6.45) is 0. The Balaban J connectivity index is 1.76. The van der Waals surface area contributed by atoms with Crippen molar-refractivity contribution >= 4 is 22.5 Å². The van der Waals surface area contributed by atoms with Crippen molar-refractivity contribution in [1.29, 1.82) is 0 Å². The molecule has 0 saturated carbocycles. The van der Waals surface area contributed by atoms with Gasteiger partial charge in [0.15, 0.2) is 0 Å². The number of carbonyl (C=O) groups excluding carboxylic acids is 1. The van der Waals surface area contributed by atoms with Crippen LogP contribution in [0.2, 0.25) is 0 Å². The zero-order chi connectivity index (χ0) is 16.5. The van der Waals surface area contributed by atoms with Crippen molar-refractivity contribution in [2.45, 2.75) is 11.5 Å². The highest BCUT2D eigenvalue weighted by Crippen LogP contribution is 2.31. The highest BCUT2D eigenvalue weighted by atomic mass is 32.2. The van der Waals surface area contributed by atoms with Gasteiger partial charge >= 0.3 is 0 Å². The van der Waals surface area contributed by atoms with Gasteiger partial charge < -0.3 is 5.32 Å². The summed E-state index contributed by atoms with van der Waals surface area (Å²) in [4.78, 5) is 12.5. The number of rotatable bonds is 3. The van der Waals surface area contributed by atoms with Gasteiger partial charge in [-0.05, 0) is 24.3 Å². The van der Waals surface area contributed by atoms with Crippen LogP contribution in [0, 0.1) is 0 Å². The molecule has 4 rings (SSSR count). The maximum atomic E-state index is 12.5. The van der Waals surface area contributed by atoms with Crippen LogP contribution in [0.1, 0.15) is 21.6 Å². The second-order valence-electron chi connectivity index (χ2n) is 5.57. The molecule has 24 heavy (non-hydrogen) atoms. The molecule has 0 spiro atoms. The average Bonchev–Trinajstić information content (AvgIpc) is 3.13. The van der Waals surface area contributed by atoms with E-state index >= 15 is 0 Å². The number of para-hydroxylation sites is 1. The number of hydrogen-bond acceptors (Lipinski definition) is 3. The first-order valence-electron chi connectivity index (χ1n) is 7.60. The summed E-state index contributed by atoms with van der Waals surface area (Å²) in [5.74, 6) is 1.26. The Kier molecular flexibility index (Phi) is 3.74. The van der Waals surface area contributed by atoms with Crippen molar-refractivity contribution in [1.82, 2.24) is 9.78 Å². The maximum Gasteiger partial charge on any atom is 0.256 e. The van der Waals surface area contributed by atoms with Crippen molar-refractivity contribution in [2.75, 3.05) is 5.32 Å². The van der Waals surface area contributed by atoms with Crippen LogP contribution >= 0.6 is 0 Å². The van der Waals surface area contributed by atoms with E-state index in [9.17, 15) is 9.00 Å². The molecule has 1 aliphatic heterocycles. The summed E-state index contributed by atoms with van der Waals surface area (Å²) in [5.41, 5.74) is 3.09. The minimum absolute atomic E-state index is 0.201. The zero-order valence-electron chi connectivity index (χ0n) is 12.8. The minimum Gasteiger partial charge on any atom is -0.306 e. The molecule has 0 bridgehead atoms. The molecule has 1 N–H and O–H groups in total. The number of hydrogen-bond donors (Lipinski definition) is 1. The first-order chi connectivity index (χ1) is 11.7. The van der Waals surface area contributed by atoms with Gasteiger partial charge in [-0.3, -0.25) is 9.00 Å². The van der Waals surface area contributed by atoms with Crippen molar-refractivity contribution in [2.24, 2.45) is 0 Å². The molecule has 5 nitrogen and oxygen atoms in total. The monoisotopic (exact) mass is 337 g/mol. The van der Waals surface area contributed by atoms with E-state index in [2.05, 4.69) is 10.4 Å². The molecule has 3 aromatic rings. The molecular formula is C18H15N3O2S. The van der Waals surface area contributed by atoms with Gasteiger partial charge in [0.25, 0.3) is 5.91 Å². The Morgan fingerprint density at radius 2 is 1.67 bits per heavy atom. The van der Waals surface area contributed by atoms with Gasteiger partial charge in [-0.1, -0.05) is 36.4 Å². The SMILES string of the molecule is O=C(Nc1c2c(nn1-c1ccccc1)CS(=O)C2)c1ccccc1. The molecule has 1 atom stereocenters. The highest BCUT2D eigenvalue weighted by Gasteiger charge is 2.28. The molecule has 1 aliphatic rings. The predicted molar refractivity (Wildman–Crippen MR) is 93.5 cm³/mol. The van der Waals surface area contributed by atoms with E-state index in [1.54, 1.807) is 16.8 Å². The summed E-state index contributed by atoms with van der Waals surface area (Å²) < 4.78 is 13.6. The number of aromatic nitrogens is 2. The van der Waals surface area contributed by atoms with Crippen LogP contribution in [0.4, 0.5) is 5.82 Å². The summed E-state index contributed by atoms with van der Waals surface area (Å²) in [6.45, 7) is 0. The lowest BCUT2D eigenvalue weighted by atomic mass is 10.2. The van der Waals surface area contributed by atoms with Gasteiger partial charge in [0.2, 0.25) is 0 Å². The van der Waals surface area contributed by atoms with Crippen LogP contribution in [0.3, 0.4) is 0 Å². The fourth-order valence-corrected chi connectivity index (χ4v) is 4.05. The molecule has 0 fully saturated rings. The van der Waals surface area contributed by atoms with Crippen LogP contribution in [0.5, 0.6) is 0 Å². The zero-order valence-corrected chi connectivity index (χ0v) is 13.6. The number of amides is 1. The summed E-state index contributed by atoms with van der Waals surface area (Å²) in [6, 6.07) is 18.7. The van der Waals surface area contributed by atoms with E-state index in [1.165, 1.54) is 0 Å². The van der Waals surface area contributed by atoms with Crippen LogP contribution in [-0.4, -0.2) is 19.9 Å². The van der Waals surface area contributed by atoms with Crippen LogP contribution < -0.4 is 5.32 Å². The van der Waals surface area contributed by atoms with Gasteiger partial charge in [0.1, 0.15) is 5.82 Å². The number of anilines is 1. The third kappa shape index (κ3) is 2.65. The Bertz CT molecular complexity index is 920. The smallest absolute Gasteiger partial charge is 0.256 e. The van der Waals surface area contributed by atoms with Crippen LogP contribution in [0.15, 0.2) is 60.7 Å². The van der Waals surface area contributed by atoms with Crippen LogP contribution in [0.25, 0.3) is 5.69 Å². The summed E-state index contributed by atoms with van der Waals surface area (Å²) in [7, 11) is -0.950. The number of carbonyl (C=O) groups is 1. The van der Waals surface area contributed by atoms with E-state index in [0.717, 1.165) is 16.9 Å². The molecule has 2 heterocycles. The molecule has 6 heteroatoms. The van der Waals surface area contributed by atoms with Gasteiger partial charge in [-0.15, -0.1) is 0 Å². The van der Waals surface area contributed by atoms with Crippen LogP contribution in [-0.2, 0) is 22.3 Å². The lowest BCUT2D eigenvalue weighted by Crippen LogP contribution is -2.16. The molecular weight excluding hydrogens is 322 g/mol. The van der Waals surface area contributed by atoms with E-state index in [0.29, 0.717) is 22.9 Å². The van der Waals surface area contributed by atoms with E-state index < -0.39 is 10.8 Å². The lowest BCUT2D eigenvalue weighted by molar-refractivity contribution is 0.102. The second-order valence-corrected chi connectivity index (χ2v) is 7.03. The minimum atomic E-state index is -0.950. The normalized spacial score (nSPS) is 15.9. The van der Waals surface area contributed by atoms with Crippen molar-refractivity contribution < 1.29 is 9.00 Å². The van der Waals surface area contributed by atoms with Gasteiger partial charge in [0.05, 0.1) is 22.9 Å². The molecule has 0 saturated heterocycles. The van der Waals surface area contributed by atoms with Crippen molar-refractivity contribution in [3.8, 4) is 5.69 Å². The molecule has 1 unspecified atom stereocenters. The van der Waals surface area contributed by atoms with Gasteiger partial charge in [-0.25, -0.2) is 4.68 Å². The quantitative estimate of drug-likeness (QED) is 0.799. The Hall–Kier alpha value is -2.73. The Morgan fingerprint density at radius 3 is 2.38 bits per heavy atom. The highest BCUT2D eigenvalue weighted by molar-refractivity contribution is 7.83. The third-order valence-corrected chi connectivity index (χ3v) is 5.14.